The zero-order valence-electron chi connectivity index (χ0n) is 16.8. The minimum absolute atomic E-state index is 0.326. The maximum absolute atomic E-state index is 11.1. The van der Waals surface area contributed by atoms with E-state index in [0.717, 1.165) is 21.2 Å². The van der Waals surface area contributed by atoms with Crippen LogP contribution in [0.3, 0.4) is 0 Å². The summed E-state index contributed by atoms with van der Waals surface area (Å²) in [5.74, 6) is 0.261. The van der Waals surface area contributed by atoms with Crippen molar-refractivity contribution in [1.29, 1.82) is 0 Å². The average Bonchev–Trinajstić information content (AvgIpc) is 2.72. The summed E-state index contributed by atoms with van der Waals surface area (Å²) in [5, 5.41) is 0.483. The first-order valence-corrected chi connectivity index (χ1v) is 10.7. The van der Waals surface area contributed by atoms with Crippen molar-refractivity contribution in [2.45, 2.75) is 20.0 Å². The van der Waals surface area contributed by atoms with Gasteiger partial charge in [0, 0.05) is 11.4 Å². The lowest BCUT2D eigenvalue weighted by atomic mass is 10.0. The fraction of sp³-hybridized carbons (Fsp3) is 0.160. The van der Waals surface area contributed by atoms with Crippen LogP contribution in [0.25, 0.3) is 17.2 Å². The molecule has 0 saturated heterocycles. The highest BCUT2D eigenvalue weighted by Gasteiger charge is 2.11. The van der Waals surface area contributed by atoms with E-state index in [1.54, 1.807) is 19.1 Å². The molecule has 1 unspecified atom stereocenters. The monoisotopic (exact) mass is 484 g/mol. The lowest BCUT2D eigenvalue weighted by molar-refractivity contribution is -0.145. The van der Waals surface area contributed by atoms with Crippen molar-refractivity contribution in [3.63, 3.8) is 0 Å². The Kier molecular flexibility index (Phi) is 7.72. The minimum Gasteiger partial charge on any atom is -0.488 e. The number of ether oxygens (including phenoxy) is 2. The van der Waals surface area contributed by atoms with E-state index in [2.05, 4.69) is 46.3 Å². The van der Waals surface area contributed by atoms with Crippen LogP contribution in [0.5, 0.6) is 5.75 Å². The Labute approximate surface area is 190 Å². The summed E-state index contributed by atoms with van der Waals surface area (Å²) in [7, 11) is 0. The Balaban J connectivity index is 1.60. The first-order valence-electron chi connectivity index (χ1n) is 9.54. The second-order valence-corrected chi connectivity index (χ2v) is 8.11. The molecule has 0 radical (unpaired) electrons. The molecule has 3 nitrogen and oxygen atoms in total. The van der Waals surface area contributed by atoms with Crippen LogP contribution in [-0.4, -0.2) is 12.6 Å². The zero-order chi connectivity index (χ0) is 21.5. The average molecular weight is 486 g/mol. The normalized spacial score (nSPS) is 12.0. The number of hydrogen-bond donors (Lipinski definition) is 0. The number of hydrogen-bond acceptors (Lipinski definition) is 3. The van der Waals surface area contributed by atoms with Gasteiger partial charge in [-0.3, -0.25) is 4.79 Å². The Morgan fingerprint density at radius 2 is 1.83 bits per heavy atom. The molecule has 3 aromatic rings. The fourth-order valence-corrected chi connectivity index (χ4v) is 3.50. The molecule has 0 amide bonds. The highest BCUT2D eigenvalue weighted by atomic mass is 79.9. The van der Waals surface area contributed by atoms with Crippen LogP contribution in [0.1, 0.15) is 31.1 Å². The van der Waals surface area contributed by atoms with Gasteiger partial charge in [0.25, 0.3) is 0 Å². The second kappa shape index (κ2) is 10.5. The molecule has 3 aromatic carbocycles. The topological polar surface area (TPSA) is 35.5 Å². The van der Waals surface area contributed by atoms with Crippen LogP contribution in [0.2, 0.25) is 5.02 Å². The number of carbonyl (C=O) groups is 1. The summed E-state index contributed by atoms with van der Waals surface area (Å²) in [6.07, 6.45) is 3.62. The van der Waals surface area contributed by atoms with E-state index < -0.39 is 0 Å². The molecule has 154 valence electrons. The van der Waals surface area contributed by atoms with Gasteiger partial charge in [-0.1, -0.05) is 70.0 Å². The second-order valence-electron chi connectivity index (χ2n) is 6.79. The van der Waals surface area contributed by atoms with Gasteiger partial charge < -0.3 is 9.47 Å². The van der Waals surface area contributed by atoms with Gasteiger partial charge in [0.05, 0.1) is 5.02 Å². The van der Waals surface area contributed by atoms with Crippen molar-refractivity contribution >= 4 is 39.6 Å². The molecule has 0 saturated carbocycles. The number of carbonyl (C=O) groups excluding carboxylic acids is 1. The van der Waals surface area contributed by atoms with E-state index in [9.17, 15) is 4.79 Å². The van der Waals surface area contributed by atoms with Crippen LogP contribution < -0.4 is 4.74 Å². The molecule has 1 atom stereocenters. The molecule has 0 aliphatic rings. The molecule has 0 N–H and O–H groups in total. The molecule has 0 aromatic heterocycles. The number of halogens is 2. The van der Waals surface area contributed by atoms with E-state index in [1.807, 2.05) is 36.4 Å². The molecule has 0 fully saturated rings. The van der Waals surface area contributed by atoms with Crippen molar-refractivity contribution in [2.75, 3.05) is 6.61 Å². The van der Waals surface area contributed by atoms with Crippen molar-refractivity contribution < 1.29 is 14.3 Å². The van der Waals surface area contributed by atoms with E-state index in [0.29, 0.717) is 17.4 Å². The van der Waals surface area contributed by atoms with Gasteiger partial charge in [-0.2, -0.15) is 0 Å². The molecule has 5 heteroatoms. The molecule has 0 aliphatic carbocycles. The summed E-state index contributed by atoms with van der Waals surface area (Å²) in [6, 6.07) is 22.0. The molecular formula is C25H22BrClO3. The third-order valence-corrected chi connectivity index (χ3v) is 5.30. The SMILES string of the molecule is CC(=O)OC(C)c1ccc(OCC=Cc2cccc(-c3ccc(Br)cc3)c2)c(Cl)c1. The van der Waals surface area contributed by atoms with Gasteiger partial charge in [0.15, 0.2) is 0 Å². The van der Waals surface area contributed by atoms with Crippen molar-refractivity contribution in [3.05, 3.63) is 93.4 Å². The largest absolute Gasteiger partial charge is 0.488 e. The molecular weight excluding hydrogens is 464 g/mol. The summed E-state index contributed by atoms with van der Waals surface area (Å²) in [6.45, 7) is 3.58. The molecule has 0 aliphatic heterocycles. The Morgan fingerprint density at radius 3 is 2.53 bits per heavy atom. The maximum Gasteiger partial charge on any atom is 0.303 e. The van der Waals surface area contributed by atoms with Crippen LogP contribution >= 0.6 is 27.5 Å². The fourth-order valence-electron chi connectivity index (χ4n) is 2.99. The van der Waals surface area contributed by atoms with E-state index >= 15 is 0 Å². The van der Waals surface area contributed by atoms with E-state index in [4.69, 9.17) is 21.1 Å². The van der Waals surface area contributed by atoms with Gasteiger partial charge >= 0.3 is 5.97 Å². The molecule has 3 rings (SSSR count). The van der Waals surface area contributed by atoms with E-state index in [1.165, 1.54) is 12.5 Å². The van der Waals surface area contributed by atoms with Gasteiger partial charge in [0.1, 0.15) is 18.5 Å². The first-order chi connectivity index (χ1) is 14.4. The molecule has 0 bridgehead atoms. The molecule has 30 heavy (non-hydrogen) atoms. The highest BCUT2D eigenvalue weighted by molar-refractivity contribution is 9.10. The minimum atomic E-state index is -0.355. The van der Waals surface area contributed by atoms with Gasteiger partial charge in [0.2, 0.25) is 0 Å². The summed E-state index contributed by atoms with van der Waals surface area (Å²) < 4.78 is 12.0. The van der Waals surface area contributed by atoms with Crippen LogP contribution in [0, 0.1) is 0 Å². The third kappa shape index (κ3) is 6.22. The summed E-state index contributed by atoms with van der Waals surface area (Å²) in [4.78, 5) is 11.1. The standard InChI is InChI=1S/C25H22BrClO3/c1-17(30-18(2)28)21-10-13-25(24(27)16-21)29-14-4-6-19-5-3-7-22(15-19)20-8-11-23(26)12-9-20/h3-13,15-17H,14H2,1-2H3. The Hall–Kier alpha value is -2.56. The van der Waals surface area contributed by atoms with Crippen LogP contribution in [-0.2, 0) is 9.53 Å². The lowest BCUT2D eigenvalue weighted by Gasteiger charge is -2.14. The third-order valence-electron chi connectivity index (χ3n) is 4.48. The predicted octanol–water partition coefficient (Wildman–Crippen LogP) is 7.49. The van der Waals surface area contributed by atoms with E-state index in [-0.39, 0.29) is 12.1 Å². The first kappa shape index (κ1) is 22.1. The molecule has 0 heterocycles. The van der Waals surface area contributed by atoms with Gasteiger partial charge in [-0.05, 0) is 65.6 Å². The van der Waals surface area contributed by atoms with Crippen molar-refractivity contribution in [3.8, 4) is 16.9 Å². The van der Waals surface area contributed by atoms with Crippen molar-refractivity contribution in [2.24, 2.45) is 0 Å². The number of benzene rings is 3. The summed E-state index contributed by atoms with van der Waals surface area (Å²) in [5.41, 5.74) is 4.24. The lowest BCUT2D eigenvalue weighted by Crippen LogP contribution is -2.05. The Bertz CT molecular complexity index is 1040. The Morgan fingerprint density at radius 1 is 1.07 bits per heavy atom. The van der Waals surface area contributed by atoms with Crippen LogP contribution in [0.4, 0.5) is 0 Å². The van der Waals surface area contributed by atoms with Gasteiger partial charge in [-0.25, -0.2) is 0 Å². The number of rotatable bonds is 7. The van der Waals surface area contributed by atoms with Gasteiger partial charge in [-0.15, -0.1) is 0 Å². The zero-order valence-corrected chi connectivity index (χ0v) is 19.1. The van der Waals surface area contributed by atoms with Crippen molar-refractivity contribution in [1.82, 2.24) is 0 Å². The molecule has 0 spiro atoms. The smallest absolute Gasteiger partial charge is 0.303 e. The highest BCUT2D eigenvalue weighted by Crippen LogP contribution is 2.29. The quantitative estimate of drug-likeness (QED) is 0.325. The maximum atomic E-state index is 11.1. The summed E-state index contributed by atoms with van der Waals surface area (Å²) >= 11 is 9.78. The number of esters is 1. The van der Waals surface area contributed by atoms with Crippen LogP contribution in [0.15, 0.2) is 77.3 Å². The predicted molar refractivity (Wildman–Crippen MR) is 126 cm³/mol.